The van der Waals surface area contributed by atoms with E-state index in [2.05, 4.69) is 0 Å². The number of esters is 1. The van der Waals surface area contributed by atoms with E-state index < -0.39 is 17.9 Å². The Morgan fingerprint density at radius 2 is 1.80 bits per heavy atom. The molecule has 0 spiro atoms. The molecule has 0 saturated carbocycles. The fraction of sp³-hybridized carbons (Fsp3) is 0.818. The van der Waals surface area contributed by atoms with Crippen LogP contribution in [0.25, 0.3) is 0 Å². The van der Waals surface area contributed by atoms with Crippen molar-refractivity contribution in [2.75, 3.05) is 6.61 Å². The van der Waals surface area contributed by atoms with E-state index >= 15 is 0 Å². The van der Waals surface area contributed by atoms with Crippen molar-refractivity contribution in [2.45, 2.75) is 46.0 Å². The van der Waals surface area contributed by atoms with Crippen LogP contribution >= 0.6 is 0 Å². The summed E-state index contributed by atoms with van der Waals surface area (Å²) in [6.45, 7) is 4.21. The zero-order valence-corrected chi connectivity index (χ0v) is 9.45. The second-order valence-corrected chi connectivity index (χ2v) is 3.53. The molecule has 0 saturated heterocycles. The van der Waals surface area contributed by atoms with E-state index in [-0.39, 0.29) is 0 Å². The summed E-state index contributed by atoms with van der Waals surface area (Å²) in [5.74, 6) is -3.08. The number of unbranched alkanes of at least 4 members (excludes halogenated alkanes) is 2. The minimum Gasteiger partial charge on any atom is -0.549 e. The highest BCUT2D eigenvalue weighted by Crippen LogP contribution is 2.10. The lowest BCUT2D eigenvalue weighted by Crippen LogP contribution is -2.37. The van der Waals surface area contributed by atoms with Gasteiger partial charge in [-0.25, -0.2) is 0 Å². The molecule has 88 valence electrons. The third-order valence-electron chi connectivity index (χ3n) is 2.16. The van der Waals surface area contributed by atoms with Crippen LogP contribution in [-0.4, -0.2) is 18.5 Å². The molecule has 0 aliphatic rings. The topological polar surface area (TPSA) is 66.4 Å². The fourth-order valence-electron chi connectivity index (χ4n) is 1.16. The van der Waals surface area contributed by atoms with Gasteiger partial charge in [-0.3, -0.25) is 4.79 Å². The molecule has 0 aromatic heterocycles. The third-order valence-corrected chi connectivity index (χ3v) is 2.16. The number of hydrogen-bond acceptors (Lipinski definition) is 4. The molecule has 0 aromatic carbocycles. The molecule has 0 bridgehead atoms. The van der Waals surface area contributed by atoms with Crippen LogP contribution in [0.2, 0.25) is 0 Å². The van der Waals surface area contributed by atoms with E-state index in [9.17, 15) is 14.7 Å². The zero-order chi connectivity index (χ0) is 11.7. The molecule has 1 atom stereocenters. The van der Waals surface area contributed by atoms with Gasteiger partial charge in [-0.2, -0.15) is 0 Å². The smallest absolute Gasteiger partial charge is 0.314 e. The van der Waals surface area contributed by atoms with Crippen molar-refractivity contribution in [3.05, 3.63) is 0 Å². The fourth-order valence-corrected chi connectivity index (χ4v) is 1.16. The average Bonchev–Trinajstić information content (AvgIpc) is 2.18. The molecule has 0 rings (SSSR count). The number of aliphatic carboxylic acids is 1. The third kappa shape index (κ3) is 6.10. The summed E-state index contributed by atoms with van der Waals surface area (Å²) >= 11 is 0. The van der Waals surface area contributed by atoms with E-state index in [1.54, 1.807) is 0 Å². The van der Waals surface area contributed by atoms with Gasteiger partial charge in [0.15, 0.2) is 0 Å². The largest absolute Gasteiger partial charge is 0.549 e. The molecule has 4 heteroatoms. The van der Waals surface area contributed by atoms with E-state index in [1.807, 2.05) is 13.8 Å². The van der Waals surface area contributed by atoms with Crippen LogP contribution in [0.4, 0.5) is 0 Å². The van der Waals surface area contributed by atoms with Gasteiger partial charge in [-0.15, -0.1) is 0 Å². The van der Waals surface area contributed by atoms with Gasteiger partial charge in [0.05, 0.1) is 18.5 Å². The maximum atomic E-state index is 11.3. The van der Waals surface area contributed by atoms with Gasteiger partial charge in [-0.05, 0) is 12.8 Å². The van der Waals surface area contributed by atoms with Crippen molar-refractivity contribution < 1.29 is 19.4 Å². The van der Waals surface area contributed by atoms with Gasteiger partial charge < -0.3 is 14.6 Å². The Labute approximate surface area is 90.6 Å². The van der Waals surface area contributed by atoms with Gasteiger partial charge in [0.25, 0.3) is 0 Å². The lowest BCUT2D eigenvalue weighted by atomic mass is 10.0. The predicted molar refractivity (Wildman–Crippen MR) is 53.9 cm³/mol. The minimum atomic E-state index is -1.33. The van der Waals surface area contributed by atoms with Crippen LogP contribution in [0.15, 0.2) is 0 Å². The first-order valence-electron chi connectivity index (χ1n) is 5.50. The van der Waals surface area contributed by atoms with E-state index in [4.69, 9.17) is 4.74 Å². The first-order chi connectivity index (χ1) is 7.13. The summed E-state index contributed by atoms with van der Waals surface area (Å²) in [6.07, 6.45) is 3.54. The zero-order valence-electron chi connectivity index (χ0n) is 9.45. The molecule has 0 amide bonds. The van der Waals surface area contributed by atoms with Crippen molar-refractivity contribution in [1.82, 2.24) is 0 Å². The molecule has 0 heterocycles. The molecule has 0 unspecified atom stereocenters. The highest BCUT2D eigenvalue weighted by atomic mass is 16.5. The molecule has 0 aliphatic heterocycles. The maximum absolute atomic E-state index is 11.3. The Balaban J connectivity index is 3.99. The van der Waals surface area contributed by atoms with Crippen LogP contribution in [0.1, 0.15) is 46.0 Å². The summed E-state index contributed by atoms with van der Waals surface area (Å²) in [4.78, 5) is 22.0. The van der Waals surface area contributed by atoms with Crippen molar-refractivity contribution in [1.29, 1.82) is 0 Å². The Kier molecular flexibility index (Phi) is 7.68. The standard InChI is InChI=1S/C11H20O4/c1-3-5-7-9(10(12)13)11(14)15-8-6-4-2/h9H,3-8H2,1-2H3,(H,12,13)/p-1/t9-/m1/s1. The Morgan fingerprint density at radius 3 is 2.27 bits per heavy atom. The minimum absolute atomic E-state index is 0.297. The van der Waals surface area contributed by atoms with Crippen molar-refractivity contribution in [2.24, 2.45) is 5.92 Å². The highest BCUT2D eigenvalue weighted by Gasteiger charge is 2.20. The second-order valence-electron chi connectivity index (χ2n) is 3.53. The summed E-state index contributed by atoms with van der Waals surface area (Å²) in [6, 6.07) is 0. The van der Waals surface area contributed by atoms with E-state index in [0.717, 1.165) is 19.3 Å². The molecule has 15 heavy (non-hydrogen) atoms. The van der Waals surface area contributed by atoms with Crippen LogP contribution in [0, 0.1) is 5.92 Å². The van der Waals surface area contributed by atoms with E-state index in [0.29, 0.717) is 19.4 Å². The number of carboxylic acids is 1. The van der Waals surface area contributed by atoms with Gasteiger partial charge in [-0.1, -0.05) is 33.1 Å². The molecule has 0 radical (unpaired) electrons. The Hall–Kier alpha value is -1.06. The summed E-state index contributed by atoms with van der Waals surface area (Å²) in [5.41, 5.74) is 0. The Morgan fingerprint density at radius 1 is 1.20 bits per heavy atom. The molecule has 4 nitrogen and oxygen atoms in total. The number of hydrogen-bond donors (Lipinski definition) is 0. The maximum Gasteiger partial charge on any atom is 0.314 e. The first-order valence-corrected chi connectivity index (χ1v) is 5.50. The van der Waals surface area contributed by atoms with Crippen molar-refractivity contribution in [3.63, 3.8) is 0 Å². The van der Waals surface area contributed by atoms with Crippen LogP contribution in [0.3, 0.4) is 0 Å². The number of rotatable bonds is 8. The van der Waals surface area contributed by atoms with Crippen molar-refractivity contribution >= 4 is 11.9 Å². The average molecular weight is 215 g/mol. The number of carbonyl (C=O) groups is 2. The molecule has 0 aromatic rings. The van der Waals surface area contributed by atoms with Crippen LogP contribution < -0.4 is 5.11 Å². The van der Waals surface area contributed by atoms with Gasteiger partial charge >= 0.3 is 5.97 Å². The van der Waals surface area contributed by atoms with E-state index in [1.165, 1.54) is 0 Å². The summed E-state index contributed by atoms with van der Waals surface area (Å²) < 4.78 is 4.84. The molecule has 0 aliphatic carbocycles. The molecule has 0 fully saturated rings. The van der Waals surface area contributed by atoms with Crippen molar-refractivity contribution in [3.8, 4) is 0 Å². The number of carbonyl (C=O) groups excluding carboxylic acids is 2. The number of ether oxygens (including phenoxy) is 1. The van der Waals surface area contributed by atoms with Crippen LogP contribution in [0.5, 0.6) is 0 Å². The highest BCUT2D eigenvalue weighted by molar-refractivity contribution is 5.92. The molecular weight excluding hydrogens is 196 g/mol. The predicted octanol–water partition coefficient (Wildman–Crippen LogP) is 0.886. The first kappa shape index (κ1) is 13.9. The Bertz CT molecular complexity index is 201. The lowest BCUT2D eigenvalue weighted by molar-refractivity contribution is -0.311. The van der Waals surface area contributed by atoms with Gasteiger partial charge in [0, 0.05) is 0 Å². The normalized spacial score (nSPS) is 12.1. The SMILES string of the molecule is CCCCOC(=O)[C@H](CCCC)C(=O)[O-]. The van der Waals surface area contributed by atoms with Gasteiger partial charge in [0.1, 0.15) is 0 Å². The molecular formula is C11H19O4-. The van der Waals surface area contributed by atoms with Gasteiger partial charge in [0.2, 0.25) is 0 Å². The number of carboxylic acid groups (broad SMARTS) is 1. The van der Waals surface area contributed by atoms with Crippen LogP contribution in [-0.2, 0) is 14.3 Å². The summed E-state index contributed by atoms with van der Waals surface area (Å²) in [5, 5.41) is 10.7. The summed E-state index contributed by atoms with van der Waals surface area (Å²) in [7, 11) is 0. The quantitative estimate of drug-likeness (QED) is 0.342. The molecule has 0 N–H and O–H groups in total. The lowest BCUT2D eigenvalue weighted by Gasteiger charge is -2.16. The second kappa shape index (κ2) is 8.26. The monoisotopic (exact) mass is 215 g/mol.